The summed E-state index contributed by atoms with van der Waals surface area (Å²) < 4.78 is 0. The van der Waals surface area contributed by atoms with Gasteiger partial charge in [-0.15, -0.1) is 6.58 Å². The van der Waals surface area contributed by atoms with Gasteiger partial charge in [-0.1, -0.05) is 6.08 Å². The van der Waals surface area contributed by atoms with Crippen LogP contribution in [0.25, 0.3) is 0 Å². The highest BCUT2D eigenvalue weighted by Gasteiger charge is 2.09. The van der Waals surface area contributed by atoms with Gasteiger partial charge in [0.25, 0.3) is 5.91 Å². The number of nitrogen functional groups attached to an aromatic ring is 1. The van der Waals surface area contributed by atoms with Crippen LogP contribution in [0.5, 0.6) is 0 Å². The molecule has 0 saturated heterocycles. The molecule has 0 atom stereocenters. The van der Waals surface area contributed by atoms with Gasteiger partial charge in [0.05, 0.1) is 0 Å². The molecule has 1 rings (SSSR count). The normalized spacial score (nSPS) is 9.94. The molecule has 3 heteroatoms. The van der Waals surface area contributed by atoms with Crippen LogP contribution in [0.2, 0.25) is 0 Å². The third-order valence-electron chi connectivity index (χ3n) is 2.69. The molecule has 0 heterocycles. The SMILES string of the molecule is C=CCCc1c(C)cc(C(=O)NN)cc1C. The van der Waals surface area contributed by atoms with Crippen LogP contribution in [0.4, 0.5) is 0 Å². The molecule has 0 aromatic heterocycles. The van der Waals surface area contributed by atoms with Crippen LogP contribution in [0.3, 0.4) is 0 Å². The molecule has 1 amide bonds. The molecule has 3 N–H and O–H groups in total. The second-order valence-corrected chi connectivity index (χ2v) is 3.89. The zero-order chi connectivity index (χ0) is 12.1. The Morgan fingerprint density at radius 2 is 2.00 bits per heavy atom. The average Bonchev–Trinajstić information content (AvgIpc) is 2.26. The van der Waals surface area contributed by atoms with E-state index in [4.69, 9.17) is 5.84 Å². The minimum atomic E-state index is -0.249. The maximum Gasteiger partial charge on any atom is 0.265 e. The van der Waals surface area contributed by atoms with Crippen molar-refractivity contribution in [2.75, 3.05) is 0 Å². The molecule has 0 radical (unpaired) electrons. The van der Waals surface area contributed by atoms with E-state index in [1.54, 1.807) is 0 Å². The van der Waals surface area contributed by atoms with Gasteiger partial charge < -0.3 is 0 Å². The largest absolute Gasteiger partial charge is 0.290 e. The summed E-state index contributed by atoms with van der Waals surface area (Å²) in [5, 5.41) is 0. The summed E-state index contributed by atoms with van der Waals surface area (Å²) in [7, 11) is 0. The van der Waals surface area contributed by atoms with Gasteiger partial charge in [0.1, 0.15) is 0 Å². The molecular formula is C13H18N2O. The lowest BCUT2D eigenvalue weighted by Gasteiger charge is -2.11. The lowest BCUT2D eigenvalue weighted by Crippen LogP contribution is -2.30. The summed E-state index contributed by atoms with van der Waals surface area (Å²) in [5.74, 6) is 4.86. The predicted molar refractivity (Wildman–Crippen MR) is 66.1 cm³/mol. The Kier molecular flexibility index (Phi) is 4.26. The maximum atomic E-state index is 11.4. The first-order valence-electron chi connectivity index (χ1n) is 5.32. The van der Waals surface area contributed by atoms with Crippen LogP contribution in [0.15, 0.2) is 24.8 Å². The van der Waals surface area contributed by atoms with E-state index in [-0.39, 0.29) is 5.91 Å². The highest BCUT2D eigenvalue weighted by molar-refractivity contribution is 5.94. The van der Waals surface area contributed by atoms with Crippen LogP contribution in [-0.2, 0) is 6.42 Å². The molecule has 0 unspecified atom stereocenters. The fourth-order valence-electron chi connectivity index (χ4n) is 1.85. The minimum Gasteiger partial charge on any atom is -0.290 e. The Labute approximate surface area is 96.3 Å². The minimum absolute atomic E-state index is 0.249. The molecular weight excluding hydrogens is 200 g/mol. The molecule has 1 aromatic rings. The molecule has 86 valence electrons. The van der Waals surface area contributed by atoms with Crippen molar-refractivity contribution in [2.24, 2.45) is 5.84 Å². The number of amides is 1. The third-order valence-corrected chi connectivity index (χ3v) is 2.69. The first kappa shape index (κ1) is 12.5. The van der Waals surface area contributed by atoms with E-state index in [1.165, 1.54) is 5.56 Å². The van der Waals surface area contributed by atoms with E-state index in [0.717, 1.165) is 24.0 Å². The number of allylic oxidation sites excluding steroid dienone is 1. The lowest BCUT2D eigenvalue weighted by molar-refractivity contribution is 0.0953. The first-order chi connectivity index (χ1) is 7.60. The molecule has 0 saturated carbocycles. The van der Waals surface area contributed by atoms with Crippen molar-refractivity contribution in [2.45, 2.75) is 26.7 Å². The Balaban J connectivity index is 3.06. The van der Waals surface area contributed by atoms with Gasteiger partial charge >= 0.3 is 0 Å². The van der Waals surface area contributed by atoms with Crippen molar-refractivity contribution in [3.63, 3.8) is 0 Å². The van der Waals surface area contributed by atoms with Crippen LogP contribution >= 0.6 is 0 Å². The number of hydrazine groups is 1. The second-order valence-electron chi connectivity index (χ2n) is 3.89. The number of carbonyl (C=O) groups is 1. The van der Waals surface area contributed by atoms with Gasteiger partial charge in [0.2, 0.25) is 0 Å². The van der Waals surface area contributed by atoms with E-state index in [9.17, 15) is 4.79 Å². The van der Waals surface area contributed by atoms with Crippen molar-refractivity contribution >= 4 is 5.91 Å². The van der Waals surface area contributed by atoms with Crippen molar-refractivity contribution in [3.05, 3.63) is 47.0 Å². The summed E-state index contributed by atoms with van der Waals surface area (Å²) in [6.45, 7) is 7.74. The molecule has 16 heavy (non-hydrogen) atoms. The average molecular weight is 218 g/mol. The van der Waals surface area contributed by atoms with E-state index < -0.39 is 0 Å². The summed E-state index contributed by atoms with van der Waals surface area (Å²) in [6.07, 6.45) is 3.81. The van der Waals surface area contributed by atoms with Gasteiger partial charge in [0.15, 0.2) is 0 Å². The van der Waals surface area contributed by atoms with Crippen molar-refractivity contribution in [3.8, 4) is 0 Å². The highest BCUT2D eigenvalue weighted by Crippen LogP contribution is 2.18. The van der Waals surface area contributed by atoms with Crippen molar-refractivity contribution in [1.82, 2.24) is 5.43 Å². The predicted octanol–water partition coefficient (Wildman–Crippen LogP) is 2.03. The summed E-state index contributed by atoms with van der Waals surface area (Å²) in [6, 6.07) is 3.74. The van der Waals surface area contributed by atoms with Gasteiger partial charge in [-0.05, 0) is 55.5 Å². The Morgan fingerprint density at radius 3 is 2.44 bits per heavy atom. The molecule has 1 aromatic carbocycles. The van der Waals surface area contributed by atoms with Crippen molar-refractivity contribution in [1.29, 1.82) is 0 Å². The van der Waals surface area contributed by atoms with Crippen LogP contribution in [-0.4, -0.2) is 5.91 Å². The van der Waals surface area contributed by atoms with Crippen LogP contribution in [0, 0.1) is 13.8 Å². The zero-order valence-corrected chi connectivity index (χ0v) is 9.84. The standard InChI is InChI=1S/C13H18N2O/c1-4-5-6-12-9(2)7-11(8-10(12)3)13(16)15-14/h4,7-8H,1,5-6,14H2,2-3H3,(H,15,16). The van der Waals surface area contributed by atoms with Gasteiger partial charge in [-0.25, -0.2) is 5.84 Å². The smallest absolute Gasteiger partial charge is 0.265 e. The number of nitrogens with two attached hydrogens (primary N) is 1. The highest BCUT2D eigenvalue weighted by atomic mass is 16.2. The van der Waals surface area contributed by atoms with Crippen molar-refractivity contribution < 1.29 is 4.79 Å². The van der Waals surface area contributed by atoms with E-state index >= 15 is 0 Å². The summed E-state index contributed by atoms with van der Waals surface area (Å²) >= 11 is 0. The molecule has 0 spiro atoms. The number of carbonyl (C=O) groups excluding carboxylic acids is 1. The van der Waals surface area contributed by atoms with Crippen LogP contribution in [0.1, 0.15) is 33.5 Å². The van der Waals surface area contributed by atoms with E-state index in [2.05, 4.69) is 12.0 Å². The number of hydrogen-bond acceptors (Lipinski definition) is 2. The topological polar surface area (TPSA) is 55.1 Å². The first-order valence-corrected chi connectivity index (χ1v) is 5.32. The van der Waals surface area contributed by atoms with E-state index in [0.29, 0.717) is 5.56 Å². The monoisotopic (exact) mass is 218 g/mol. The molecule has 0 bridgehead atoms. The molecule has 0 aliphatic carbocycles. The zero-order valence-electron chi connectivity index (χ0n) is 9.84. The van der Waals surface area contributed by atoms with Gasteiger partial charge in [-0.3, -0.25) is 10.2 Å². The Morgan fingerprint density at radius 1 is 1.44 bits per heavy atom. The maximum absolute atomic E-state index is 11.4. The molecule has 0 fully saturated rings. The molecule has 0 aliphatic rings. The number of rotatable bonds is 4. The Bertz CT molecular complexity index is 387. The van der Waals surface area contributed by atoms with Gasteiger partial charge in [0, 0.05) is 5.56 Å². The third kappa shape index (κ3) is 2.70. The second kappa shape index (κ2) is 5.47. The fourth-order valence-corrected chi connectivity index (χ4v) is 1.85. The lowest BCUT2D eigenvalue weighted by atomic mass is 9.95. The number of hydrogen-bond donors (Lipinski definition) is 2. The summed E-state index contributed by atoms with van der Waals surface area (Å²) in [5.41, 5.74) is 6.29. The van der Waals surface area contributed by atoms with Gasteiger partial charge in [-0.2, -0.15) is 0 Å². The molecule has 0 aliphatic heterocycles. The van der Waals surface area contributed by atoms with E-state index in [1.807, 2.05) is 32.1 Å². The fraction of sp³-hybridized carbons (Fsp3) is 0.308. The van der Waals surface area contributed by atoms with Crippen LogP contribution < -0.4 is 11.3 Å². The number of aryl methyl sites for hydroxylation is 2. The number of benzene rings is 1. The quantitative estimate of drug-likeness (QED) is 0.351. The molecule has 3 nitrogen and oxygen atoms in total. The Hall–Kier alpha value is -1.61. The summed E-state index contributed by atoms with van der Waals surface area (Å²) in [4.78, 5) is 11.4. The number of nitrogens with one attached hydrogen (secondary N) is 1.